The molecule has 0 saturated carbocycles. The van der Waals surface area contributed by atoms with Gasteiger partial charge >= 0.3 is 0 Å². The molecule has 0 aliphatic carbocycles. The van der Waals surface area contributed by atoms with Gasteiger partial charge in [-0.2, -0.15) is 0 Å². The molecule has 1 amide bonds. The van der Waals surface area contributed by atoms with Crippen molar-refractivity contribution >= 4 is 23.4 Å². The van der Waals surface area contributed by atoms with E-state index in [1.54, 1.807) is 11.8 Å². The molecule has 1 N–H and O–H groups in total. The summed E-state index contributed by atoms with van der Waals surface area (Å²) in [6, 6.07) is 16.4. The molecule has 0 fully saturated rings. The zero-order chi connectivity index (χ0) is 15.1. The van der Waals surface area contributed by atoms with E-state index in [1.165, 1.54) is 11.1 Å². The summed E-state index contributed by atoms with van der Waals surface area (Å²) in [6.45, 7) is 2.14. The lowest BCUT2D eigenvalue weighted by Gasteiger charge is -2.09. The van der Waals surface area contributed by atoms with Crippen LogP contribution in [0.25, 0.3) is 0 Å². The van der Waals surface area contributed by atoms with Crippen LogP contribution in [0.15, 0.2) is 53.4 Å². The van der Waals surface area contributed by atoms with Crippen molar-refractivity contribution in [3.05, 3.63) is 59.7 Å². The van der Waals surface area contributed by atoms with Gasteiger partial charge in [-0.15, -0.1) is 11.8 Å². The summed E-state index contributed by atoms with van der Waals surface area (Å²) in [5.41, 5.74) is 3.44. The Morgan fingerprint density at radius 2 is 1.71 bits per heavy atom. The number of benzene rings is 2. The van der Waals surface area contributed by atoms with E-state index in [0.717, 1.165) is 23.4 Å². The maximum atomic E-state index is 12.1. The molecule has 0 saturated heterocycles. The fraction of sp³-hybridized carbons (Fsp3) is 0.278. The molecule has 2 nitrogen and oxygen atoms in total. The van der Waals surface area contributed by atoms with Crippen molar-refractivity contribution in [3.8, 4) is 0 Å². The first kappa shape index (κ1) is 15.6. The van der Waals surface area contributed by atoms with E-state index in [2.05, 4.69) is 36.5 Å². The first-order valence-electron chi connectivity index (χ1n) is 7.23. The van der Waals surface area contributed by atoms with Crippen LogP contribution in [0.3, 0.4) is 0 Å². The summed E-state index contributed by atoms with van der Waals surface area (Å²) < 4.78 is 0. The topological polar surface area (TPSA) is 29.1 Å². The van der Waals surface area contributed by atoms with E-state index in [4.69, 9.17) is 0 Å². The quantitative estimate of drug-likeness (QED) is 0.793. The Hall–Kier alpha value is -1.74. The lowest BCUT2D eigenvalue weighted by Crippen LogP contribution is -2.12. The summed E-state index contributed by atoms with van der Waals surface area (Å²) in [7, 11) is 0. The van der Waals surface area contributed by atoms with Gasteiger partial charge in [-0.05, 0) is 42.4 Å². The fourth-order valence-corrected chi connectivity index (χ4v) is 2.71. The molecule has 0 radical (unpaired) electrons. The average Bonchev–Trinajstić information content (AvgIpc) is 2.54. The molecule has 2 rings (SSSR count). The van der Waals surface area contributed by atoms with Crippen LogP contribution in [0.4, 0.5) is 5.69 Å². The number of rotatable bonds is 6. The molecule has 0 aromatic heterocycles. The van der Waals surface area contributed by atoms with Crippen LogP contribution in [0, 0.1) is 0 Å². The van der Waals surface area contributed by atoms with Gasteiger partial charge in [-0.3, -0.25) is 4.79 Å². The number of hydrogen-bond acceptors (Lipinski definition) is 2. The number of carbonyl (C=O) groups excluding carboxylic acids is 1. The summed E-state index contributed by atoms with van der Waals surface area (Å²) >= 11 is 1.64. The number of nitrogens with one attached hydrogen (secondary N) is 1. The summed E-state index contributed by atoms with van der Waals surface area (Å²) in [5, 5.41) is 2.99. The maximum Gasteiger partial charge on any atom is 0.224 e. The third-order valence-electron chi connectivity index (χ3n) is 3.45. The number of carbonyl (C=O) groups is 1. The number of amides is 1. The highest BCUT2D eigenvalue weighted by Crippen LogP contribution is 2.24. The highest BCUT2D eigenvalue weighted by molar-refractivity contribution is 7.98. The van der Waals surface area contributed by atoms with Crippen LogP contribution in [-0.2, 0) is 17.6 Å². The molecule has 0 aliphatic heterocycles. The SMILES string of the molecule is CCc1ccc(CCC(=O)Nc2ccccc2SC)cc1. The molecular weight excluding hydrogens is 278 g/mol. The Morgan fingerprint density at radius 3 is 2.38 bits per heavy atom. The van der Waals surface area contributed by atoms with Crippen LogP contribution in [0.2, 0.25) is 0 Å². The Labute approximate surface area is 131 Å². The van der Waals surface area contributed by atoms with Gasteiger partial charge in [-0.1, -0.05) is 43.3 Å². The molecule has 2 aromatic rings. The molecule has 3 heteroatoms. The van der Waals surface area contributed by atoms with Crippen LogP contribution >= 0.6 is 11.8 Å². The largest absolute Gasteiger partial charge is 0.325 e. The zero-order valence-electron chi connectivity index (χ0n) is 12.6. The van der Waals surface area contributed by atoms with Crippen molar-refractivity contribution in [2.24, 2.45) is 0 Å². The van der Waals surface area contributed by atoms with Crippen LogP contribution in [0.1, 0.15) is 24.5 Å². The monoisotopic (exact) mass is 299 g/mol. The standard InChI is InChI=1S/C18H21NOS/c1-3-14-8-10-15(11-9-14)12-13-18(20)19-16-6-4-5-7-17(16)21-2/h4-11H,3,12-13H2,1-2H3,(H,19,20). The highest BCUT2D eigenvalue weighted by atomic mass is 32.2. The Morgan fingerprint density at radius 1 is 1.05 bits per heavy atom. The average molecular weight is 299 g/mol. The molecule has 0 unspecified atom stereocenters. The van der Waals surface area contributed by atoms with Crippen LogP contribution in [-0.4, -0.2) is 12.2 Å². The smallest absolute Gasteiger partial charge is 0.224 e. The van der Waals surface area contributed by atoms with E-state index in [1.807, 2.05) is 30.5 Å². The summed E-state index contributed by atoms with van der Waals surface area (Å²) in [6.07, 6.45) is 4.35. The highest BCUT2D eigenvalue weighted by Gasteiger charge is 2.06. The van der Waals surface area contributed by atoms with Gasteiger partial charge in [0.1, 0.15) is 0 Å². The Balaban J connectivity index is 1.89. The van der Waals surface area contributed by atoms with Crippen molar-refractivity contribution in [1.82, 2.24) is 0 Å². The molecule has 0 bridgehead atoms. The zero-order valence-corrected chi connectivity index (χ0v) is 13.4. The lowest BCUT2D eigenvalue weighted by atomic mass is 10.1. The van der Waals surface area contributed by atoms with E-state index < -0.39 is 0 Å². The second-order valence-electron chi connectivity index (χ2n) is 4.92. The predicted molar refractivity (Wildman–Crippen MR) is 91.0 cm³/mol. The summed E-state index contributed by atoms with van der Waals surface area (Å²) in [5.74, 6) is 0.0658. The molecule has 110 valence electrons. The number of hydrogen-bond donors (Lipinski definition) is 1. The second kappa shape index (κ2) is 7.89. The van der Waals surface area contributed by atoms with Gasteiger partial charge in [0.05, 0.1) is 5.69 Å². The second-order valence-corrected chi connectivity index (χ2v) is 5.77. The number of thioether (sulfide) groups is 1. The van der Waals surface area contributed by atoms with Gasteiger partial charge in [0.2, 0.25) is 5.91 Å². The fourth-order valence-electron chi connectivity index (χ4n) is 2.16. The van der Waals surface area contributed by atoms with Crippen molar-refractivity contribution in [3.63, 3.8) is 0 Å². The molecule has 2 aromatic carbocycles. The van der Waals surface area contributed by atoms with Gasteiger partial charge in [-0.25, -0.2) is 0 Å². The predicted octanol–water partition coefficient (Wildman–Crippen LogP) is 4.54. The molecule has 0 heterocycles. The number of aryl methyl sites for hydroxylation is 2. The van der Waals surface area contributed by atoms with E-state index in [9.17, 15) is 4.79 Å². The first-order chi connectivity index (χ1) is 10.2. The van der Waals surface area contributed by atoms with Gasteiger partial charge in [0.15, 0.2) is 0 Å². The molecule has 0 spiro atoms. The van der Waals surface area contributed by atoms with Crippen molar-refractivity contribution in [2.75, 3.05) is 11.6 Å². The normalized spacial score (nSPS) is 10.4. The van der Waals surface area contributed by atoms with Crippen LogP contribution < -0.4 is 5.32 Å². The summed E-state index contributed by atoms with van der Waals surface area (Å²) in [4.78, 5) is 13.2. The van der Waals surface area contributed by atoms with Crippen molar-refractivity contribution in [1.29, 1.82) is 0 Å². The first-order valence-corrected chi connectivity index (χ1v) is 8.46. The minimum absolute atomic E-state index is 0.0658. The third kappa shape index (κ3) is 4.64. The van der Waals surface area contributed by atoms with Gasteiger partial charge in [0.25, 0.3) is 0 Å². The molecular formula is C18H21NOS. The minimum Gasteiger partial charge on any atom is -0.325 e. The molecule has 21 heavy (non-hydrogen) atoms. The molecule has 0 atom stereocenters. The maximum absolute atomic E-state index is 12.1. The van der Waals surface area contributed by atoms with Crippen LogP contribution in [0.5, 0.6) is 0 Å². The van der Waals surface area contributed by atoms with E-state index in [-0.39, 0.29) is 5.91 Å². The number of para-hydroxylation sites is 1. The van der Waals surface area contributed by atoms with E-state index in [0.29, 0.717) is 6.42 Å². The lowest BCUT2D eigenvalue weighted by molar-refractivity contribution is -0.116. The minimum atomic E-state index is 0.0658. The van der Waals surface area contributed by atoms with Crippen molar-refractivity contribution in [2.45, 2.75) is 31.1 Å². The number of anilines is 1. The van der Waals surface area contributed by atoms with Crippen molar-refractivity contribution < 1.29 is 4.79 Å². The molecule has 0 aliphatic rings. The van der Waals surface area contributed by atoms with Gasteiger partial charge in [0, 0.05) is 11.3 Å². The van der Waals surface area contributed by atoms with E-state index >= 15 is 0 Å². The van der Waals surface area contributed by atoms with Gasteiger partial charge < -0.3 is 5.32 Å². The Kier molecular flexibility index (Phi) is 5.88. The third-order valence-corrected chi connectivity index (χ3v) is 4.25. The Bertz CT molecular complexity index is 592.